The van der Waals surface area contributed by atoms with E-state index in [0.29, 0.717) is 17.1 Å². The van der Waals surface area contributed by atoms with Crippen LogP contribution in [-0.4, -0.2) is 34.4 Å². The summed E-state index contributed by atoms with van der Waals surface area (Å²) in [5, 5.41) is 13.1. The predicted molar refractivity (Wildman–Crippen MR) is 107 cm³/mol. The summed E-state index contributed by atoms with van der Waals surface area (Å²) >= 11 is 0. The minimum absolute atomic E-state index is 0.303. The largest absolute Gasteiger partial charge is 0.496 e. The Morgan fingerprint density at radius 1 is 1.14 bits per heavy atom. The molecule has 2 N–H and O–H groups in total. The Bertz CT molecular complexity index is 1150. The molecule has 0 aliphatic rings. The maximum absolute atomic E-state index is 12.4. The molecule has 0 saturated carbocycles. The first kappa shape index (κ1) is 17.4. The molecular weight excluding hydrogens is 354 g/mol. The Labute approximate surface area is 161 Å². The van der Waals surface area contributed by atoms with Gasteiger partial charge >= 0.3 is 0 Å². The molecule has 0 radical (unpaired) electrons. The van der Waals surface area contributed by atoms with Crippen molar-refractivity contribution in [3.8, 4) is 17.0 Å². The van der Waals surface area contributed by atoms with Gasteiger partial charge < -0.3 is 4.74 Å². The summed E-state index contributed by atoms with van der Waals surface area (Å²) in [5.74, 6) is 0.302. The van der Waals surface area contributed by atoms with Crippen LogP contribution in [0.25, 0.3) is 22.0 Å². The third-order valence-electron chi connectivity index (χ3n) is 4.28. The summed E-state index contributed by atoms with van der Waals surface area (Å²) in [6.07, 6.45) is 4.86. The summed E-state index contributed by atoms with van der Waals surface area (Å²) < 4.78 is 5.51. The van der Waals surface area contributed by atoms with Crippen LogP contribution in [0.4, 0.5) is 0 Å². The van der Waals surface area contributed by atoms with E-state index in [1.165, 1.54) is 0 Å². The lowest BCUT2D eigenvalue weighted by Crippen LogP contribution is -2.17. The first-order valence-electron chi connectivity index (χ1n) is 8.61. The quantitative estimate of drug-likeness (QED) is 0.415. The molecule has 0 bridgehead atoms. The highest BCUT2D eigenvalue weighted by Crippen LogP contribution is 2.36. The van der Waals surface area contributed by atoms with Crippen LogP contribution in [0.15, 0.2) is 72.1 Å². The van der Waals surface area contributed by atoms with Crippen LogP contribution in [-0.2, 0) is 0 Å². The topological polar surface area (TPSA) is 92.3 Å². The first-order chi connectivity index (χ1) is 13.8. The molecule has 0 unspecified atom stereocenters. The fourth-order valence-electron chi connectivity index (χ4n) is 2.93. The molecule has 2 aromatic carbocycles. The molecule has 0 saturated heterocycles. The molecular formula is C21H17N5O2. The Morgan fingerprint density at radius 2 is 1.96 bits per heavy atom. The van der Waals surface area contributed by atoms with Crippen molar-refractivity contribution in [3.05, 3.63) is 78.2 Å². The molecule has 2 heterocycles. The van der Waals surface area contributed by atoms with E-state index in [-0.39, 0.29) is 5.91 Å². The number of aromatic nitrogens is 3. The SMILES string of the molecule is COc1ccc2ccccc2c1-c1cc(C(=O)NN=Cc2ccncc2)[nH]n1. The second-order valence-electron chi connectivity index (χ2n) is 6.01. The van der Waals surface area contributed by atoms with Gasteiger partial charge in [-0.2, -0.15) is 10.2 Å². The van der Waals surface area contributed by atoms with E-state index in [0.717, 1.165) is 21.9 Å². The molecule has 0 aliphatic carbocycles. The zero-order chi connectivity index (χ0) is 19.3. The number of fused-ring (bicyclic) bond motifs is 1. The van der Waals surface area contributed by atoms with E-state index in [9.17, 15) is 4.79 Å². The highest BCUT2D eigenvalue weighted by molar-refractivity contribution is 6.00. The molecule has 0 atom stereocenters. The van der Waals surface area contributed by atoms with Gasteiger partial charge in [-0.25, -0.2) is 5.43 Å². The van der Waals surface area contributed by atoms with Gasteiger partial charge in [0.05, 0.1) is 24.6 Å². The standard InChI is InChI=1S/C21H17N5O2/c1-28-19-7-6-15-4-2-3-5-16(15)20(19)17-12-18(25-24-17)21(27)26-23-13-14-8-10-22-11-9-14/h2-13H,1H3,(H,24,25)(H,26,27). The van der Waals surface area contributed by atoms with Crippen molar-refractivity contribution in [2.45, 2.75) is 0 Å². The van der Waals surface area contributed by atoms with Crippen LogP contribution in [0, 0.1) is 0 Å². The zero-order valence-electron chi connectivity index (χ0n) is 15.1. The van der Waals surface area contributed by atoms with Crippen molar-refractivity contribution in [2.24, 2.45) is 5.10 Å². The van der Waals surface area contributed by atoms with E-state index in [2.05, 4.69) is 25.7 Å². The molecule has 0 spiro atoms. The Kier molecular flexibility index (Phi) is 4.79. The summed E-state index contributed by atoms with van der Waals surface area (Å²) in [6, 6.07) is 17.1. The molecule has 7 heteroatoms. The highest BCUT2D eigenvalue weighted by atomic mass is 16.5. The number of hydrogen-bond acceptors (Lipinski definition) is 5. The van der Waals surface area contributed by atoms with Crippen molar-refractivity contribution in [1.29, 1.82) is 0 Å². The number of carbonyl (C=O) groups is 1. The predicted octanol–water partition coefficient (Wildman–Crippen LogP) is 3.40. The maximum Gasteiger partial charge on any atom is 0.289 e. The Morgan fingerprint density at radius 3 is 2.79 bits per heavy atom. The summed E-state index contributed by atoms with van der Waals surface area (Å²) in [7, 11) is 1.61. The molecule has 0 fully saturated rings. The van der Waals surface area contributed by atoms with Gasteiger partial charge in [0.25, 0.3) is 5.91 Å². The first-order valence-corrected chi connectivity index (χ1v) is 8.61. The molecule has 4 aromatic rings. The molecule has 1 amide bonds. The van der Waals surface area contributed by atoms with E-state index in [4.69, 9.17) is 4.74 Å². The average molecular weight is 371 g/mol. The number of nitrogens with zero attached hydrogens (tertiary/aromatic N) is 3. The summed E-state index contributed by atoms with van der Waals surface area (Å²) in [5.41, 5.74) is 5.07. The van der Waals surface area contributed by atoms with Crippen LogP contribution in [0.3, 0.4) is 0 Å². The maximum atomic E-state index is 12.4. The number of carbonyl (C=O) groups excluding carboxylic acids is 1. The van der Waals surface area contributed by atoms with Gasteiger partial charge in [0, 0.05) is 12.4 Å². The van der Waals surface area contributed by atoms with Crippen molar-refractivity contribution >= 4 is 22.9 Å². The average Bonchev–Trinajstić information content (AvgIpc) is 3.23. The second kappa shape index (κ2) is 7.71. The monoisotopic (exact) mass is 371 g/mol. The van der Waals surface area contributed by atoms with Crippen LogP contribution in [0.5, 0.6) is 5.75 Å². The zero-order valence-corrected chi connectivity index (χ0v) is 15.1. The molecule has 0 aliphatic heterocycles. The number of amides is 1. The number of rotatable bonds is 5. The van der Waals surface area contributed by atoms with Crippen LogP contribution >= 0.6 is 0 Å². The Balaban J connectivity index is 1.60. The number of H-pyrrole nitrogens is 1. The molecule has 7 nitrogen and oxygen atoms in total. The number of hydrogen-bond donors (Lipinski definition) is 2. The second-order valence-corrected chi connectivity index (χ2v) is 6.01. The normalized spacial score (nSPS) is 11.0. The highest BCUT2D eigenvalue weighted by Gasteiger charge is 2.16. The molecule has 28 heavy (non-hydrogen) atoms. The third-order valence-corrected chi connectivity index (χ3v) is 4.28. The van der Waals surface area contributed by atoms with Crippen LogP contribution in [0.1, 0.15) is 16.1 Å². The summed E-state index contributed by atoms with van der Waals surface area (Å²) in [4.78, 5) is 16.3. The minimum Gasteiger partial charge on any atom is -0.496 e. The molecule has 2 aromatic heterocycles. The number of methoxy groups -OCH3 is 1. The third kappa shape index (κ3) is 3.45. The number of hydrazone groups is 1. The summed E-state index contributed by atoms with van der Waals surface area (Å²) in [6.45, 7) is 0. The van der Waals surface area contributed by atoms with E-state index < -0.39 is 0 Å². The van der Waals surface area contributed by atoms with Gasteiger partial charge in [0.2, 0.25) is 0 Å². The lowest BCUT2D eigenvalue weighted by atomic mass is 10.0. The van der Waals surface area contributed by atoms with Gasteiger partial charge in [0.15, 0.2) is 0 Å². The van der Waals surface area contributed by atoms with Gasteiger partial charge in [-0.05, 0) is 40.6 Å². The van der Waals surface area contributed by atoms with Crippen LogP contribution < -0.4 is 10.2 Å². The molecule has 4 rings (SSSR count). The number of aromatic amines is 1. The van der Waals surface area contributed by atoms with E-state index in [1.807, 2.05) is 36.4 Å². The Hall–Kier alpha value is -4.00. The minimum atomic E-state index is -0.386. The van der Waals surface area contributed by atoms with Crippen LogP contribution in [0.2, 0.25) is 0 Å². The lowest BCUT2D eigenvalue weighted by molar-refractivity contribution is 0.0950. The lowest BCUT2D eigenvalue weighted by Gasteiger charge is -2.09. The number of nitrogens with one attached hydrogen (secondary N) is 2. The molecule has 138 valence electrons. The van der Waals surface area contributed by atoms with E-state index in [1.54, 1.807) is 43.9 Å². The van der Waals surface area contributed by atoms with Crippen molar-refractivity contribution in [1.82, 2.24) is 20.6 Å². The number of ether oxygens (including phenoxy) is 1. The van der Waals surface area contributed by atoms with Gasteiger partial charge in [-0.15, -0.1) is 0 Å². The van der Waals surface area contributed by atoms with E-state index >= 15 is 0 Å². The fraction of sp³-hybridized carbons (Fsp3) is 0.0476. The fourth-order valence-corrected chi connectivity index (χ4v) is 2.93. The number of benzene rings is 2. The van der Waals surface area contributed by atoms with Crippen molar-refractivity contribution < 1.29 is 9.53 Å². The van der Waals surface area contributed by atoms with Crippen molar-refractivity contribution in [2.75, 3.05) is 7.11 Å². The van der Waals surface area contributed by atoms with Gasteiger partial charge in [0.1, 0.15) is 11.4 Å². The number of pyridine rings is 1. The van der Waals surface area contributed by atoms with Gasteiger partial charge in [-0.3, -0.25) is 14.9 Å². The van der Waals surface area contributed by atoms with Crippen molar-refractivity contribution in [3.63, 3.8) is 0 Å². The smallest absolute Gasteiger partial charge is 0.289 e. The van der Waals surface area contributed by atoms with Gasteiger partial charge in [-0.1, -0.05) is 30.3 Å².